The molecular weight excluding hydrogens is 418 g/mol. The first kappa shape index (κ1) is 33.2. The van der Waals surface area contributed by atoms with Crippen molar-refractivity contribution in [1.29, 1.82) is 0 Å². The summed E-state index contributed by atoms with van der Waals surface area (Å²) in [6.07, 6.45) is 26.6. The molecule has 0 heterocycles. The Labute approximate surface area is 206 Å². The first-order valence-corrected chi connectivity index (χ1v) is 13.6. The van der Waals surface area contributed by atoms with Crippen molar-refractivity contribution in [2.75, 3.05) is 13.1 Å². The van der Waals surface area contributed by atoms with Crippen LogP contribution in [0.4, 0.5) is 0 Å². The van der Waals surface area contributed by atoms with E-state index in [1.165, 1.54) is 116 Å². The van der Waals surface area contributed by atoms with Crippen molar-refractivity contribution >= 4 is 24.3 Å². The lowest BCUT2D eigenvalue weighted by molar-refractivity contribution is 0.558. The predicted molar refractivity (Wildman–Crippen MR) is 147 cm³/mol. The summed E-state index contributed by atoms with van der Waals surface area (Å²) in [6.45, 7) is 6.07. The molecule has 192 valence electrons. The molecule has 0 saturated carbocycles. The second-order valence-corrected chi connectivity index (χ2v) is 9.02. The maximum absolute atomic E-state index is 5.90. The number of aliphatic imine (C=N–C) groups is 2. The van der Waals surface area contributed by atoms with E-state index in [0.717, 1.165) is 25.9 Å². The first-order chi connectivity index (χ1) is 15.2. The van der Waals surface area contributed by atoms with Crippen LogP contribution in [0.3, 0.4) is 0 Å². The zero-order valence-electron chi connectivity index (χ0n) is 21.5. The van der Waals surface area contributed by atoms with Crippen molar-refractivity contribution in [3.8, 4) is 0 Å². The summed E-state index contributed by atoms with van der Waals surface area (Å²) < 4.78 is 0. The molecular formula is C26H56ClN5. The van der Waals surface area contributed by atoms with Gasteiger partial charge in [0, 0.05) is 13.1 Å². The summed E-state index contributed by atoms with van der Waals surface area (Å²) in [4.78, 5) is 8.72. The van der Waals surface area contributed by atoms with Gasteiger partial charge in [-0.2, -0.15) is 0 Å². The molecule has 6 heteroatoms. The minimum absolute atomic E-state index is 0. The zero-order valence-corrected chi connectivity index (χ0v) is 22.3. The van der Waals surface area contributed by atoms with Crippen LogP contribution in [0.15, 0.2) is 9.98 Å². The van der Waals surface area contributed by atoms with Crippen molar-refractivity contribution in [3.05, 3.63) is 0 Å². The van der Waals surface area contributed by atoms with Gasteiger partial charge in [-0.1, -0.05) is 129 Å². The van der Waals surface area contributed by atoms with E-state index in [1.807, 2.05) is 0 Å². The molecule has 32 heavy (non-hydrogen) atoms. The number of nitrogens with one attached hydrogen (secondary N) is 1. The maximum Gasteiger partial charge on any atom is 0.195 e. The Hall–Kier alpha value is -0.970. The van der Waals surface area contributed by atoms with E-state index in [2.05, 4.69) is 29.1 Å². The van der Waals surface area contributed by atoms with Crippen LogP contribution in [0.5, 0.6) is 0 Å². The third kappa shape index (κ3) is 27.1. The summed E-state index contributed by atoms with van der Waals surface area (Å²) >= 11 is 0. The standard InChI is InChI=1S/C26H55N5.ClH/c1-3-5-7-9-11-13-15-17-19-21-23-29-25(27)31-26(28)30-24-22-20-18-16-14-12-10-8-6-4-2;/h3-24H2,1-2H3,(H5,27,28,29,30,31);1H. The van der Waals surface area contributed by atoms with Gasteiger partial charge in [0.05, 0.1) is 0 Å². The molecule has 0 aromatic rings. The molecule has 5 nitrogen and oxygen atoms in total. The number of halogens is 1. The summed E-state index contributed by atoms with van der Waals surface area (Å²) in [7, 11) is 0. The fourth-order valence-electron chi connectivity index (χ4n) is 3.81. The van der Waals surface area contributed by atoms with Crippen molar-refractivity contribution in [1.82, 2.24) is 5.32 Å². The average Bonchev–Trinajstić information content (AvgIpc) is 2.75. The predicted octanol–water partition coefficient (Wildman–Crippen LogP) is 7.47. The highest BCUT2D eigenvalue weighted by molar-refractivity contribution is 5.96. The number of rotatable bonds is 22. The van der Waals surface area contributed by atoms with Crippen LogP contribution in [0, 0.1) is 0 Å². The zero-order chi connectivity index (χ0) is 22.8. The van der Waals surface area contributed by atoms with Crippen LogP contribution in [0.25, 0.3) is 0 Å². The molecule has 0 aliphatic carbocycles. The molecule has 0 aliphatic rings. The van der Waals surface area contributed by atoms with E-state index >= 15 is 0 Å². The van der Waals surface area contributed by atoms with E-state index < -0.39 is 0 Å². The Bertz CT molecular complexity index is 388. The van der Waals surface area contributed by atoms with Gasteiger partial charge in [0.2, 0.25) is 0 Å². The van der Waals surface area contributed by atoms with Crippen LogP contribution < -0.4 is 16.8 Å². The Morgan fingerprint density at radius 1 is 0.469 bits per heavy atom. The van der Waals surface area contributed by atoms with Crippen LogP contribution in [-0.4, -0.2) is 25.0 Å². The van der Waals surface area contributed by atoms with Gasteiger partial charge in [-0.05, 0) is 12.8 Å². The Morgan fingerprint density at radius 3 is 1.00 bits per heavy atom. The molecule has 0 amide bonds. The molecule has 0 aromatic carbocycles. The maximum atomic E-state index is 5.90. The summed E-state index contributed by atoms with van der Waals surface area (Å²) in [5.74, 6) is 0.778. The third-order valence-corrected chi connectivity index (χ3v) is 5.84. The highest BCUT2D eigenvalue weighted by Crippen LogP contribution is 2.11. The van der Waals surface area contributed by atoms with Gasteiger partial charge >= 0.3 is 0 Å². The second-order valence-electron chi connectivity index (χ2n) is 9.02. The Morgan fingerprint density at radius 2 is 0.719 bits per heavy atom. The fourth-order valence-corrected chi connectivity index (χ4v) is 3.81. The number of hydrogen-bond donors (Lipinski definition) is 3. The van der Waals surface area contributed by atoms with Gasteiger partial charge < -0.3 is 11.5 Å². The van der Waals surface area contributed by atoms with Crippen LogP contribution in [-0.2, 0) is 0 Å². The molecule has 0 atom stereocenters. The first-order valence-electron chi connectivity index (χ1n) is 13.6. The average molecular weight is 474 g/mol. The van der Waals surface area contributed by atoms with E-state index in [9.17, 15) is 0 Å². The number of nitrogens with two attached hydrogens (primary N) is 2. The Balaban J connectivity index is 0. The molecule has 0 spiro atoms. The molecule has 0 fully saturated rings. The number of nitrogens with zero attached hydrogens (tertiary/aromatic N) is 2. The van der Waals surface area contributed by atoms with Crippen molar-refractivity contribution in [3.63, 3.8) is 0 Å². The molecule has 0 bridgehead atoms. The van der Waals surface area contributed by atoms with Gasteiger partial charge in [-0.3, -0.25) is 15.3 Å². The Kier molecular flexibility index (Phi) is 29.1. The quantitative estimate of drug-likeness (QED) is 0.0864. The highest BCUT2D eigenvalue weighted by atomic mass is 35.5. The fraction of sp³-hybridized carbons (Fsp3) is 0.923. The van der Waals surface area contributed by atoms with Crippen LogP contribution in [0.2, 0.25) is 0 Å². The molecule has 0 rings (SSSR count). The number of guanidine groups is 2. The van der Waals surface area contributed by atoms with Crippen molar-refractivity contribution in [2.45, 2.75) is 142 Å². The molecule has 0 aliphatic heterocycles. The summed E-state index contributed by atoms with van der Waals surface area (Å²) in [5, 5.41) is 2.91. The molecule has 5 N–H and O–H groups in total. The second kappa shape index (κ2) is 28.1. The lowest BCUT2D eigenvalue weighted by atomic mass is 10.1. The lowest BCUT2D eigenvalue weighted by Crippen LogP contribution is -2.41. The monoisotopic (exact) mass is 473 g/mol. The van der Waals surface area contributed by atoms with Crippen molar-refractivity contribution < 1.29 is 0 Å². The van der Waals surface area contributed by atoms with E-state index in [1.54, 1.807) is 0 Å². The minimum atomic E-state index is 0. The summed E-state index contributed by atoms with van der Waals surface area (Å²) in [6, 6.07) is 0. The normalized spacial score (nSPS) is 12.1. The minimum Gasteiger partial charge on any atom is -0.370 e. The van der Waals surface area contributed by atoms with Gasteiger partial charge in [0.1, 0.15) is 0 Å². The highest BCUT2D eigenvalue weighted by Gasteiger charge is 1.97. The molecule has 0 saturated heterocycles. The smallest absolute Gasteiger partial charge is 0.195 e. The van der Waals surface area contributed by atoms with Gasteiger partial charge in [-0.25, -0.2) is 0 Å². The van der Waals surface area contributed by atoms with Crippen LogP contribution in [0.1, 0.15) is 142 Å². The van der Waals surface area contributed by atoms with Gasteiger partial charge in [0.25, 0.3) is 0 Å². The topological polar surface area (TPSA) is 88.8 Å². The SMILES string of the molecule is CCCCCCCCCCCCN=C(N)NC(N)=NCCCCCCCCCCCC.Cl. The molecule has 0 aromatic heterocycles. The van der Waals surface area contributed by atoms with E-state index in [4.69, 9.17) is 11.5 Å². The third-order valence-electron chi connectivity index (χ3n) is 5.84. The number of unbranched alkanes of at least 4 members (excludes halogenated alkanes) is 18. The van der Waals surface area contributed by atoms with Crippen LogP contribution >= 0.6 is 12.4 Å². The lowest BCUT2D eigenvalue weighted by Gasteiger charge is -2.05. The van der Waals surface area contributed by atoms with E-state index in [0.29, 0.717) is 11.9 Å². The summed E-state index contributed by atoms with van der Waals surface area (Å²) in [5.41, 5.74) is 11.8. The van der Waals surface area contributed by atoms with E-state index in [-0.39, 0.29) is 12.4 Å². The van der Waals surface area contributed by atoms with Gasteiger partial charge in [0.15, 0.2) is 11.9 Å². The number of hydrogen-bond acceptors (Lipinski definition) is 2. The molecule has 0 radical (unpaired) electrons. The van der Waals surface area contributed by atoms with Gasteiger partial charge in [-0.15, -0.1) is 12.4 Å². The van der Waals surface area contributed by atoms with Crippen molar-refractivity contribution in [2.24, 2.45) is 21.5 Å². The largest absolute Gasteiger partial charge is 0.370 e. The molecule has 0 unspecified atom stereocenters.